The van der Waals surface area contributed by atoms with Gasteiger partial charge in [0.2, 0.25) is 0 Å². The van der Waals surface area contributed by atoms with Crippen LogP contribution < -0.4 is 10.1 Å². The van der Waals surface area contributed by atoms with E-state index in [2.05, 4.69) is 12.2 Å². The molecule has 3 aliphatic rings. The minimum atomic E-state index is -0.893. The highest BCUT2D eigenvalue weighted by atomic mass is 16.9. The number of hydrogen-bond acceptors (Lipinski definition) is 7. The number of nitrogens with one attached hydrogen (secondary N) is 1. The van der Waals surface area contributed by atoms with Crippen molar-refractivity contribution in [2.45, 2.75) is 96.2 Å². The monoisotopic (exact) mass is 435 g/mol. The summed E-state index contributed by atoms with van der Waals surface area (Å²) in [7, 11) is 0. The molecule has 5 atom stereocenters. The predicted octanol–water partition coefficient (Wildman–Crippen LogP) is 3.59. The van der Waals surface area contributed by atoms with E-state index in [4.69, 9.17) is 28.4 Å². The Morgan fingerprint density at radius 1 is 0.935 bits per heavy atom. The molecule has 3 heterocycles. The van der Waals surface area contributed by atoms with Crippen LogP contribution in [-0.4, -0.2) is 54.8 Å². The fraction of sp³-hybridized carbons (Fsp3) is 0.696. The lowest BCUT2D eigenvalue weighted by Crippen LogP contribution is -2.58. The average Bonchev–Trinajstić information content (AvgIpc) is 3.19. The number of rotatable bonds is 7. The number of benzene rings is 1. The summed E-state index contributed by atoms with van der Waals surface area (Å²) < 4.78 is 35.6. The summed E-state index contributed by atoms with van der Waals surface area (Å²) in [6, 6.07) is 7.31. The van der Waals surface area contributed by atoms with E-state index in [0.29, 0.717) is 12.3 Å². The summed E-state index contributed by atoms with van der Waals surface area (Å²) in [5.74, 6) is -1.22. The molecule has 8 nitrogen and oxygen atoms in total. The molecule has 1 aromatic rings. The van der Waals surface area contributed by atoms with E-state index in [0.717, 1.165) is 25.0 Å². The van der Waals surface area contributed by atoms with Crippen LogP contribution in [0, 0.1) is 0 Å². The Hall–Kier alpha value is -1.71. The highest BCUT2D eigenvalue weighted by molar-refractivity contribution is 5.94. The van der Waals surface area contributed by atoms with Gasteiger partial charge in [-0.2, -0.15) is 0 Å². The van der Waals surface area contributed by atoms with Gasteiger partial charge in [0.15, 0.2) is 24.0 Å². The van der Waals surface area contributed by atoms with Crippen molar-refractivity contribution in [3.8, 4) is 5.75 Å². The van der Waals surface area contributed by atoms with E-state index in [-0.39, 0.29) is 5.91 Å². The maximum absolute atomic E-state index is 13.1. The Morgan fingerprint density at radius 2 is 1.58 bits per heavy atom. The predicted molar refractivity (Wildman–Crippen MR) is 113 cm³/mol. The first-order valence-corrected chi connectivity index (χ1v) is 11.1. The number of anilines is 1. The normalized spacial score (nSPS) is 32.9. The Labute approximate surface area is 183 Å². The van der Waals surface area contributed by atoms with Crippen LogP contribution in [0.25, 0.3) is 0 Å². The lowest BCUT2D eigenvalue weighted by Gasteiger charge is -2.36. The number of amides is 1. The second-order valence-electron chi connectivity index (χ2n) is 9.16. The van der Waals surface area contributed by atoms with Crippen molar-refractivity contribution in [3.63, 3.8) is 0 Å². The van der Waals surface area contributed by atoms with E-state index < -0.39 is 42.3 Å². The summed E-state index contributed by atoms with van der Waals surface area (Å²) in [5.41, 5.74) is 0.648. The highest BCUT2D eigenvalue weighted by Gasteiger charge is 2.62. The van der Waals surface area contributed by atoms with E-state index >= 15 is 0 Å². The average molecular weight is 436 g/mol. The third kappa shape index (κ3) is 5.04. The molecule has 0 unspecified atom stereocenters. The van der Waals surface area contributed by atoms with E-state index in [9.17, 15) is 4.79 Å². The zero-order valence-corrected chi connectivity index (χ0v) is 18.9. The van der Waals surface area contributed by atoms with Crippen LogP contribution in [0.2, 0.25) is 0 Å². The molecule has 0 saturated carbocycles. The first-order chi connectivity index (χ1) is 14.7. The van der Waals surface area contributed by atoms with Gasteiger partial charge in [-0.15, -0.1) is 0 Å². The third-order valence-electron chi connectivity index (χ3n) is 5.55. The zero-order valence-electron chi connectivity index (χ0n) is 18.9. The molecule has 172 valence electrons. The molecule has 1 N–H and O–H groups in total. The minimum Gasteiger partial charge on any atom is -0.494 e. The Bertz CT molecular complexity index is 779. The summed E-state index contributed by atoms with van der Waals surface area (Å²) in [4.78, 5) is 13.1. The number of hydrogen-bond donors (Lipinski definition) is 1. The van der Waals surface area contributed by atoms with Crippen LogP contribution in [0.15, 0.2) is 24.3 Å². The number of carbonyl (C=O) groups is 1. The van der Waals surface area contributed by atoms with Crippen LogP contribution in [0.3, 0.4) is 0 Å². The maximum Gasteiger partial charge on any atom is 0.256 e. The first kappa shape index (κ1) is 22.5. The smallest absolute Gasteiger partial charge is 0.256 e. The molecule has 3 aliphatic heterocycles. The molecule has 3 fully saturated rings. The number of ether oxygens (including phenoxy) is 6. The van der Waals surface area contributed by atoms with Gasteiger partial charge in [-0.05, 0) is 58.4 Å². The van der Waals surface area contributed by atoms with Crippen LogP contribution in [0.1, 0.15) is 53.9 Å². The molecular weight excluding hydrogens is 402 g/mol. The van der Waals surface area contributed by atoms with Crippen molar-refractivity contribution in [2.24, 2.45) is 0 Å². The first-order valence-electron chi connectivity index (χ1n) is 11.1. The van der Waals surface area contributed by atoms with Gasteiger partial charge in [-0.1, -0.05) is 19.8 Å². The Kier molecular flexibility index (Phi) is 6.29. The van der Waals surface area contributed by atoms with Crippen LogP contribution in [0.4, 0.5) is 5.69 Å². The maximum atomic E-state index is 13.1. The van der Waals surface area contributed by atoms with Gasteiger partial charge in [-0.3, -0.25) is 4.79 Å². The van der Waals surface area contributed by atoms with Crippen LogP contribution in [-0.2, 0) is 28.5 Å². The van der Waals surface area contributed by atoms with Gasteiger partial charge in [0.05, 0.1) is 6.61 Å². The molecular formula is C23H33NO7. The highest BCUT2D eigenvalue weighted by Crippen LogP contribution is 2.44. The second kappa shape index (κ2) is 8.67. The van der Waals surface area contributed by atoms with Crippen molar-refractivity contribution in [2.75, 3.05) is 11.9 Å². The van der Waals surface area contributed by atoms with Gasteiger partial charge in [0.1, 0.15) is 24.1 Å². The van der Waals surface area contributed by atoms with E-state index in [1.54, 1.807) is 0 Å². The van der Waals surface area contributed by atoms with Crippen molar-refractivity contribution in [1.29, 1.82) is 0 Å². The molecule has 0 radical (unpaired) electrons. The Balaban J connectivity index is 1.42. The summed E-state index contributed by atoms with van der Waals surface area (Å²) in [6.45, 7) is 10.1. The fourth-order valence-corrected chi connectivity index (χ4v) is 4.21. The zero-order chi connectivity index (χ0) is 22.2. The molecule has 4 rings (SSSR count). The van der Waals surface area contributed by atoms with E-state index in [1.807, 2.05) is 52.0 Å². The van der Waals surface area contributed by atoms with Gasteiger partial charge in [0.25, 0.3) is 5.91 Å². The molecule has 0 bridgehead atoms. The Morgan fingerprint density at radius 3 is 2.29 bits per heavy atom. The molecule has 0 aliphatic carbocycles. The molecule has 31 heavy (non-hydrogen) atoms. The summed E-state index contributed by atoms with van der Waals surface area (Å²) in [6.07, 6.45) is 0.198. The van der Waals surface area contributed by atoms with Crippen molar-refractivity contribution in [1.82, 2.24) is 0 Å². The van der Waals surface area contributed by atoms with Crippen LogP contribution in [0.5, 0.6) is 5.75 Å². The molecule has 1 aromatic carbocycles. The lowest BCUT2D eigenvalue weighted by molar-refractivity contribution is -0.229. The van der Waals surface area contributed by atoms with Crippen molar-refractivity contribution >= 4 is 11.6 Å². The van der Waals surface area contributed by atoms with E-state index in [1.165, 1.54) is 0 Å². The van der Waals surface area contributed by atoms with Crippen LogP contribution >= 0.6 is 0 Å². The third-order valence-corrected chi connectivity index (χ3v) is 5.55. The quantitative estimate of drug-likeness (QED) is 0.655. The topological polar surface area (TPSA) is 84.5 Å². The standard InChI is InChI=1S/C23H33NO7/c1-6-7-8-13-26-15-11-9-14(10-12-15)24-20(25)18-16-17(29-22(2,3)28-16)19-21(27-18)31-23(4,5)30-19/h9-12,16-19,21H,6-8,13H2,1-5H3,(H,24,25)/t16-,17-,18+,19+,21-/m0/s1. The largest absolute Gasteiger partial charge is 0.494 e. The van der Waals surface area contributed by atoms with Gasteiger partial charge in [-0.25, -0.2) is 0 Å². The fourth-order valence-electron chi connectivity index (χ4n) is 4.21. The number of unbranched alkanes of at least 4 members (excludes halogenated alkanes) is 2. The molecule has 3 saturated heterocycles. The minimum absolute atomic E-state index is 0.320. The van der Waals surface area contributed by atoms with Gasteiger partial charge >= 0.3 is 0 Å². The van der Waals surface area contributed by atoms with Gasteiger partial charge in [0, 0.05) is 5.69 Å². The van der Waals surface area contributed by atoms with Gasteiger partial charge < -0.3 is 33.7 Å². The molecule has 0 spiro atoms. The molecule has 8 heteroatoms. The molecule has 0 aromatic heterocycles. The lowest BCUT2D eigenvalue weighted by atomic mass is 9.98. The second-order valence-corrected chi connectivity index (χ2v) is 9.16. The summed E-state index contributed by atoms with van der Waals surface area (Å²) >= 11 is 0. The number of fused-ring (bicyclic) bond motifs is 3. The number of carbonyl (C=O) groups excluding carboxylic acids is 1. The van der Waals surface area contributed by atoms with Crippen molar-refractivity contribution < 1.29 is 33.2 Å². The summed E-state index contributed by atoms with van der Waals surface area (Å²) in [5, 5.41) is 2.90. The molecule has 1 amide bonds. The SMILES string of the molecule is CCCCCOc1ccc(NC(=O)[C@@H]2O[C@H]3OC(C)(C)O[C@@H]3[C@H]3OC(C)(C)O[C@@H]32)cc1. The van der Waals surface area contributed by atoms with Crippen molar-refractivity contribution in [3.05, 3.63) is 24.3 Å².